The van der Waals surface area contributed by atoms with Gasteiger partial charge in [0.05, 0.1) is 7.11 Å². The smallest absolute Gasteiger partial charge is 0.435 e. The molecule has 0 spiro atoms. The Morgan fingerprint density at radius 3 is 2.48 bits per heavy atom. The number of aryl methyl sites for hydroxylation is 1. The molecule has 124 valence electrons. The van der Waals surface area contributed by atoms with Gasteiger partial charge in [-0.15, -0.1) is 0 Å². The highest BCUT2D eigenvalue weighted by Crippen LogP contribution is 2.28. The Morgan fingerprint density at radius 1 is 1.30 bits per heavy atom. The standard InChI is InChI=1S/C15H16F3N3O2/c1-21-12(9-13(20-21)15(16,17)18)14(22)19-8-7-10-3-5-11(23-2)6-4-10/h3-6,9H,7-8H2,1-2H3,(H,19,22). The first-order valence-corrected chi connectivity index (χ1v) is 6.83. The summed E-state index contributed by atoms with van der Waals surface area (Å²) < 4.78 is 43.6. The molecule has 2 rings (SSSR count). The van der Waals surface area contributed by atoms with Crippen molar-refractivity contribution in [1.29, 1.82) is 0 Å². The second kappa shape index (κ2) is 6.72. The minimum Gasteiger partial charge on any atom is -0.497 e. The minimum atomic E-state index is -4.57. The molecule has 1 aromatic heterocycles. The van der Waals surface area contributed by atoms with Crippen molar-refractivity contribution in [1.82, 2.24) is 15.1 Å². The predicted molar refractivity (Wildman–Crippen MR) is 77.2 cm³/mol. The van der Waals surface area contributed by atoms with E-state index in [-0.39, 0.29) is 5.69 Å². The molecule has 0 atom stereocenters. The second-order valence-corrected chi connectivity index (χ2v) is 4.89. The first kappa shape index (κ1) is 16.9. The third-order valence-electron chi connectivity index (χ3n) is 3.26. The Balaban J connectivity index is 1.93. The van der Waals surface area contributed by atoms with Crippen molar-refractivity contribution in [3.8, 4) is 5.75 Å². The van der Waals surface area contributed by atoms with Crippen molar-refractivity contribution >= 4 is 5.91 Å². The zero-order valence-electron chi connectivity index (χ0n) is 12.6. The van der Waals surface area contributed by atoms with E-state index < -0.39 is 17.8 Å². The summed E-state index contributed by atoms with van der Waals surface area (Å²) >= 11 is 0. The van der Waals surface area contributed by atoms with Gasteiger partial charge in [-0.3, -0.25) is 9.48 Å². The van der Waals surface area contributed by atoms with Gasteiger partial charge in [0.1, 0.15) is 11.4 Å². The number of rotatable bonds is 5. The fraction of sp³-hybridized carbons (Fsp3) is 0.333. The molecule has 5 nitrogen and oxygen atoms in total. The van der Waals surface area contributed by atoms with Gasteiger partial charge in [-0.25, -0.2) is 0 Å². The number of carbonyl (C=O) groups excluding carboxylic acids is 1. The fourth-order valence-electron chi connectivity index (χ4n) is 2.02. The maximum atomic E-state index is 12.6. The second-order valence-electron chi connectivity index (χ2n) is 4.89. The summed E-state index contributed by atoms with van der Waals surface area (Å²) in [6.45, 7) is 0.303. The zero-order valence-corrected chi connectivity index (χ0v) is 12.6. The van der Waals surface area contributed by atoms with Gasteiger partial charge in [0.15, 0.2) is 5.69 Å². The number of carbonyl (C=O) groups is 1. The summed E-state index contributed by atoms with van der Waals surface area (Å²) in [6.07, 6.45) is -4.01. The summed E-state index contributed by atoms with van der Waals surface area (Å²) in [5.74, 6) is 0.136. The van der Waals surface area contributed by atoms with E-state index >= 15 is 0 Å². The fourth-order valence-corrected chi connectivity index (χ4v) is 2.02. The number of benzene rings is 1. The molecule has 0 saturated carbocycles. The molecular weight excluding hydrogens is 311 g/mol. The maximum Gasteiger partial charge on any atom is 0.435 e. The number of hydrogen-bond donors (Lipinski definition) is 1. The summed E-state index contributed by atoms with van der Waals surface area (Å²) in [5.41, 5.74) is -0.237. The number of hydrogen-bond acceptors (Lipinski definition) is 3. The molecule has 0 aliphatic rings. The normalized spacial score (nSPS) is 11.3. The van der Waals surface area contributed by atoms with Crippen molar-refractivity contribution in [3.63, 3.8) is 0 Å². The quantitative estimate of drug-likeness (QED) is 0.917. The number of aromatic nitrogens is 2. The molecule has 23 heavy (non-hydrogen) atoms. The lowest BCUT2D eigenvalue weighted by atomic mass is 10.1. The topological polar surface area (TPSA) is 56.1 Å². The molecule has 1 amide bonds. The molecular formula is C15H16F3N3O2. The Bertz CT molecular complexity index is 678. The molecule has 1 aromatic carbocycles. The van der Waals surface area contributed by atoms with Gasteiger partial charge in [0.25, 0.3) is 5.91 Å². The van der Waals surface area contributed by atoms with Gasteiger partial charge in [0.2, 0.25) is 0 Å². The van der Waals surface area contributed by atoms with Crippen LogP contribution in [0.5, 0.6) is 5.75 Å². The highest BCUT2D eigenvalue weighted by molar-refractivity contribution is 5.92. The van der Waals surface area contributed by atoms with E-state index in [0.29, 0.717) is 13.0 Å². The number of nitrogens with zero attached hydrogens (tertiary/aromatic N) is 2. The molecule has 2 aromatic rings. The van der Waals surface area contributed by atoms with Crippen LogP contribution in [0, 0.1) is 0 Å². The summed E-state index contributed by atoms with van der Waals surface area (Å²) in [7, 11) is 2.87. The molecule has 8 heteroatoms. The molecule has 0 saturated heterocycles. The van der Waals surface area contributed by atoms with Gasteiger partial charge in [0, 0.05) is 19.7 Å². The lowest BCUT2D eigenvalue weighted by molar-refractivity contribution is -0.141. The van der Waals surface area contributed by atoms with Crippen LogP contribution in [-0.4, -0.2) is 29.3 Å². The van der Waals surface area contributed by atoms with E-state index in [1.165, 1.54) is 7.05 Å². The molecule has 1 N–H and O–H groups in total. The van der Waals surface area contributed by atoms with Crippen LogP contribution in [-0.2, 0) is 19.6 Å². The number of ether oxygens (including phenoxy) is 1. The van der Waals surface area contributed by atoms with Crippen molar-refractivity contribution in [2.24, 2.45) is 7.05 Å². The van der Waals surface area contributed by atoms with Crippen LogP contribution in [0.1, 0.15) is 21.7 Å². The Hall–Kier alpha value is -2.51. The Labute approximate surface area is 131 Å². The number of halogens is 3. The summed E-state index contributed by atoms with van der Waals surface area (Å²) in [4.78, 5) is 11.9. The minimum absolute atomic E-state index is 0.132. The van der Waals surface area contributed by atoms with Crippen LogP contribution in [0.25, 0.3) is 0 Å². The number of nitrogens with one attached hydrogen (secondary N) is 1. The lowest BCUT2D eigenvalue weighted by Crippen LogP contribution is -2.27. The van der Waals surface area contributed by atoms with E-state index in [4.69, 9.17) is 4.74 Å². The summed E-state index contributed by atoms with van der Waals surface area (Å²) in [6, 6.07) is 8.05. The number of alkyl halides is 3. The van der Waals surface area contributed by atoms with Crippen LogP contribution >= 0.6 is 0 Å². The van der Waals surface area contributed by atoms with E-state index in [2.05, 4.69) is 10.4 Å². The molecule has 1 heterocycles. The van der Waals surface area contributed by atoms with E-state index in [9.17, 15) is 18.0 Å². The van der Waals surface area contributed by atoms with Crippen LogP contribution in [0.15, 0.2) is 30.3 Å². The molecule has 0 aliphatic heterocycles. The number of amides is 1. The van der Waals surface area contributed by atoms with Crippen molar-refractivity contribution < 1.29 is 22.7 Å². The van der Waals surface area contributed by atoms with Crippen LogP contribution in [0.3, 0.4) is 0 Å². The van der Waals surface area contributed by atoms with Crippen molar-refractivity contribution in [2.45, 2.75) is 12.6 Å². The van der Waals surface area contributed by atoms with Crippen molar-refractivity contribution in [2.75, 3.05) is 13.7 Å². The third kappa shape index (κ3) is 4.24. The highest BCUT2D eigenvalue weighted by Gasteiger charge is 2.35. The van der Waals surface area contributed by atoms with E-state index in [1.807, 2.05) is 12.1 Å². The molecule has 0 aliphatic carbocycles. The molecule has 0 radical (unpaired) electrons. The van der Waals surface area contributed by atoms with E-state index in [0.717, 1.165) is 22.1 Å². The summed E-state index contributed by atoms with van der Waals surface area (Å²) in [5, 5.41) is 5.89. The molecule has 0 unspecified atom stereocenters. The molecule has 0 fully saturated rings. The van der Waals surface area contributed by atoms with Crippen LogP contribution < -0.4 is 10.1 Å². The van der Waals surface area contributed by atoms with Crippen molar-refractivity contribution in [3.05, 3.63) is 47.3 Å². The number of methoxy groups -OCH3 is 1. The zero-order chi connectivity index (χ0) is 17.0. The van der Waals surface area contributed by atoms with Gasteiger partial charge >= 0.3 is 6.18 Å². The first-order chi connectivity index (χ1) is 10.8. The average Bonchev–Trinajstić information content (AvgIpc) is 2.90. The average molecular weight is 327 g/mol. The highest BCUT2D eigenvalue weighted by atomic mass is 19.4. The van der Waals surface area contributed by atoms with Gasteiger partial charge in [-0.1, -0.05) is 12.1 Å². The van der Waals surface area contributed by atoms with E-state index in [1.54, 1.807) is 19.2 Å². The largest absolute Gasteiger partial charge is 0.497 e. The van der Waals surface area contributed by atoms with Crippen LogP contribution in [0.4, 0.5) is 13.2 Å². The SMILES string of the molecule is COc1ccc(CCNC(=O)c2cc(C(F)(F)F)nn2C)cc1. The lowest BCUT2D eigenvalue weighted by Gasteiger charge is -2.06. The Morgan fingerprint density at radius 2 is 1.96 bits per heavy atom. The molecule has 0 bridgehead atoms. The van der Waals surface area contributed by atoms with Gasteiger partial charge in [-0.2, -0.15) is 18.3 Å². The predicted octanol–water partition coefficient (Wildman–Crippen LogP) is 2.42. The monoisotopic (exact) mass is 327 g/mol. The van der Waals surface area contributed by atoms with Crippen LogP contribution in [0.2, 0.25) is 0 Å². The van der Waals surface area contributed by atoms with Gasteiger partial charge in [-0.05, 0) is 24.1 Å². The van der Waals surface area contributed by atoms with Gasteiger partial charge < -0.3 is 10.1 Å². The maximum absolute atomic E-state index is 12.6. The Kier molecular flexibility index (Phi) is 4.92. The third-order valence-corrected chi connectivity index (χ3v) is 3.26. The first-order valence-electron chi connectivity index (χ1n) is 6.83.